The van der Waals surface area contributed by atoms with Crippen LogP contribution in [0.3, 0.4) is 0 Å². The molecule has 2 aromatic rings. The lowest BCUT2D eigenvalue weighted by Gasteiger charge is -1.98. The summed E-state index contributed by atoms with van der Waals surface area (Å²) in [6, 6.07) is -6.08. The zero-order valence-electron chi connectivity index (χ0n) is 18.4. The molecule has 2 aromatic carbocycles. The van der Waals surface area contributed by atoms with Gasteiger partial charge in [0.2, 0.25) is 0 Å². The number of nitrogens with one attached hydrogen (secondary N) is 1. The van der Waals surface area contributed by atoms with Gasteiger partial charge in [0, 0.05) is 5.69 Å². The second-order valence-electron chi connectivity index (χ2n) is 2.32. The van der Waals surface area contributed by atoms with E-state index in [2.05, 4.69) is 10.3 Å². The predicted octanol–water partition coefficient (Wildman–Crippen LogP) is 3.46. The third kappa shape index (κ3) is 2.95. The maximum Gasteiger partial charge on any atom is 0.104 e. The second kappa shape index (κ2) is 4.96. The molecule has 15 heavy (non-hydrogen) atoms. The monoisotopic (exact) mass is 207 g/mol. The Labute approximate surface area is 105 Å². The summed E-state index contributed by atoms with van der Waals surface area (Å²) >= 11 is 0. The first kappa shape index (κ1) is 2.95. The van der Waals surface area contributed by atoms with Crippen LogP contribution in [0.4, 0.5) is 11.4 Å². The minimum Gasteiger partial charge on any atom is -0.346 e. The zero-order valence-corrected chi connectivity index (χ0v) is 7.45. The average molecular weight is 207 g/mol. The molecule has 0 spiro atoms. The molecule has 0 aliphatic carbocycles. The van der Waals surface area contributed by atoms with Gasteiger partial charge in [-0.3, -0.25) is 0 Å². The third-order valence-electron chi connectivity index (χ3n) is 1.34. The number of anilines is 1. The molecule has 0 unspecified atom stereocenters. The predicted molar refractivity (Wildman–Crippen MR) is 64.7 cm³/mol. The van der Waals surface area contributed by atoms with Crippen LogP contribution in [0.25, 0.3) is 0 Å². The van der Waals surface area contributed by atoms with E-state index < -0.39 is 78.1 Å². The number of benzene rings is 2. The van der Waals surface area contributed by atoms with E-state index in [0.717, 1.165) is 0 Å². The van der Waals surface area contributed by atoms with E-state index in [1.165, 1.54) is 0 Å². The van der Waals surface area contributed by atoms with E-state index in [0.29, 0.717) is 0 Å². The summed E-state index contributed by atoms with van der Waals surface area (Å²) in [5.74, 6) is 0. The summed E-state index contributed by atoms with van der Waals surface area (Å²) in [6.07, 6.45) is -0.748. The van der Waals surface area contributed by atoms with E-state index in [1.54, 1.807) is 0 Å². The zero-order chi connectivity index (χ0) is 19.9. The molecule has 0 bridgehead atoms. The van der Waals surface area contributed by atoms with Crippen LogP contribution in [0.1, 0.15) is 15.1 Å². The van der Waals surface area contributed by atoms with Crippen molar-refractivity contribution in [1.29, 1.82) is 0 Å². The van der Waals surface area contributed by atoms with Crippen LogP contribution in [0.15, 0.2) is 65.4 Å². The van der Waals surface area contributed by atoms with Gasteiger partial charge in [0.1, 0.15) is 1.37 Å². The lowest BCUT2D eigenvalue weighted by molar-refractivity contribution is 1.52. The number of aliphatic imine (C=N–C) groups is 1. The van der Waals surface area contributed by atoms with Crippen molar-refractivity contribution in [2.45, 2.75) is 0 Å². The highest BCUT2D eigenvalue weighted by atomic mass is 14.9. The Balaban J connectivity index is 2.56. The molecule has 2 rings (SSSR count). The highest BCUT2D eigenvalue weighted by molar-refractivity contribution is 5.77. The minimum absolute atomic E-state index is 0.405. The first-order valence-electron chi connectivity index (χ1n) is 9.45. The number of hydrogen-bond acceptors (Lipinski definition) is 1. The van der Waals surface area contributed by atoms with Crippen molar-refractivity contribution < 1.29 is 15.1 Å². The smallest absolute Gasteiger partial charge is 0.104 e. The first-order valence-corrected chi connectivity index (χ1v) is 3.95. The quantitative estimate of drug-likeness (QED) is 0.592. The largest absolute Gasteiger partial charge is 0.346 e. The standard InChI is InChI=1S/C13H12N2/c1-3-7-12(8-4-1)14-11-15-13-9-5-2-6-10-13/h1-11H,(H,14,15)/i1D,2D,3D,4D,5D,6D,7D,8D,9D,10D,11D. The fraction of sp³-hybridized carbons (Fsp3) is 0. The summed E-state index contributed by atoms with van der Waals surface area (Å²) in [7, 11) is 0. The number of hydrogen-bond donors (Lipinski definition) is 1. The van der Waals surface area contributed by atoms with Gasteiger partial charge >= 0.3 is 0 Å². The summed E-state index contributed by atoms with van der Waals surface area (Å²) in [5, 5.41) is 2.23. The maximum atomic E-state index is 7.79. The average Bonchev–Trinajstić information content (AvgIpc) is 2.62. The van der Waals surface area contributed by atoms with E-state index >= 15 is 0 Å². The summed E-state index contributed by atoms with van der Waals surface area (Å²) in [4.78, 5) is 3.62. The minimum atomic E-state index is -0.748. The van der Waals surface area contributed by atoms with Crippen molar-refractivity contribution in [3.05, 3.63) is 60.4 Å². The molecule has 0 aliphatic heterocycles. The van der Waals surface area contributed by atoms with Gasteiger partial charge in [-0.2, -0.15) is 0 Å². The van der Waals surface area contributed by atoms with Gasteiger partial charge in [0.05, 0.1) is 25.7 Å². The molecular formula is C13H12N2. The molecule has 0 radical (unpaired) electrons. The molecule has 0 fully saturated rings. The number of para-hydroxylation sites is 2. The highest BCUT2D eigenvalue weighted by Gasteiger charge is 1.85. The molecule has 0 aromatic heterocycles. The number of rotatable bonds is 2. The maximum absolute atomic E-state index is 7.79. The van der Waals surface area contributed by atoms with E-state index in [9.17, 15) is 0 Å². The normalized spacial score (nSPS) is 21.3. The molecule has 2 heteroatoms. The second-order valence-corrected chi connectivity index (χ2v) is 2.32. The molecule has 0 atom stereocenters. The van der Waals surface area contributed by atoms with Gasteiger partial charge in [0.25, 0.3) is 0 Å². The molecule has 74 valence electrons. The fourth-order valence-corrected chi connectivity index (χ4v) is 0.752. The lowest BCUT2D eigenvalue weighted by atomic mass is 10.3. The van der Waals surface area contributed by atoms with E-state index in [-0.39, 0.29) is 0 Å². The van der Waals surface area contributed by atoms with Crippen molar-refractivity contribution in [2.75, 3.05) is 5.32 Å². The molecule has 0 heterocycles. The Morgan fingerprint density at radius 3 is 2.27 bits per heavy atom. The number of nitrogens with zero attached hydrogens (tertiary/aromatic N) is 1. The molecule has 2 nitrogen and oxygen atoms in total. The Morgan fingerprint density at radius 2 is 1.60 bits per heavy atom. The molecule has 0 saturated carbocycles. The summed E-state index contributed by atoms with van der Waals surface area (Å²) in [5.41, 5.74) is -0.905. The summed E-state index contributed by atoms with van der Waals surface area (Å²) < 4.78 is 84.1. The highest BCUT2D eigenvalue weighted by Crippen LogP contribution is 2.09. The van der Waals surface area contributed by atoms with Gasteiger partial charge in [-0.05, 0) is 24.2 Å². The topological polar surface area (TPSA) is 24.4 Å². The Kier molecular flexibility index (Phi) is 0.975. The molecule has 1 N–H and O–H groups in total. The Bertz CT molecular complexity index is 881. The van der Waals surface area contributed by atoms with Crippen LogP contribution in [-0.4, -0.2) is 6.31 Å². The molecule has 0 amide bonds. The van der Waals surface area contributed by atoms with Crippen molar-refractivity contribution in [3.63, 3.8) is 0 Å². The van der Waals surface area contributed by atoms with Gasteiger partial charge in [-0.25, -0.2) is 4.99 Å². The van der Waals surface area contributed by atoms with Crippen LogP contribution >= 0.6 is 0 Å². The van der Waals surface area contributed by atoms with Crippen LogP contribution in [-0.2, 0) is 0 Å². The van der Waals surface area contributed by atoms with Crippen molar-refractivity contribution in [2.24, 2.45) is 4.99 Å². The Hall–Kier alpha value is -2.09. The third-order valence-corrected chi connectivity index (χ3v) is 1.34. The molecule has 0 aliphatic rings. The van der Waals surface area contributed by atoms with Crippen molar-refractivity contribution in [1.82, 2.24) is 0 Å². The SMILES string of the molecule is [2H]C(=Nc1c([2H])c([2H])c([2H])c([2H])c1[2H])Nc1c([2H])c([2H])c([2H])c([2H])c1[2H]. The van der Waals surface area contributed by atoms with Crippen molar-refractivity contribution >= 4 is 17.7 Å². The summed E-state index contributed by atoms with van der Waals surface area (Å²) in [6.45, 7) is 0. The fourth-order valence-electron chi connectivity index (χ4n) is 0.752. The molecular weight excluding hydrogens is 184 g/mol. The van der Waals surface area contributed by atoms with Crippen molar-refractivity contribution in [3.8, 4) is 0 Å². The van der Waals surface area contributed by atoms with Gasteiger partial charge in [-0.1, -0.05) is 36.3 Å². The lowest BCUT2D eigenvalue weighted by Crippen LogP contribution is -1.92. The van der Waals surface area contributed by atoms with Gasteiger partial charge < -0.3 is 5.32 Å². The first-order chi connectivity index (χ1) is 12.0. The van der Waals surface area contributed by atoms with Crippen LogP contribution in [0.2, 0.25) is 0 Å². The van der Waals surface area contributed by atoms with E-state index in [4.69, 9.17) is 15.1 Å². The van der Waals surface area contributed by atoms with Crippen LogP contribution in [0.5, 0.6) is 0 Å². The van der Waals surface area contributed by atoms with Gasteiger partial charge in [0.15, 0.2) is 0 Å². The number of amidine groups is 1. The van der Waals surface area contributed by atoms with Gasteiger partial charge in [-0.15, -0.1) is 0 Å². The Morgan fingerprint density at radius 1 is 1.00 bits per heavy atom. The van der Waals surface area contributed by atoms with Crippen LogP contribution < -0.4 is 5.32 Å². The van der Waals surface area contributed by atoms with Crippen LogP contribution in [0, 0.1) is 0 Å². The van der Waals surface area contributed by atoms with E-state index in [1.807, 2.05) is 0 Å². The molecule has 0 saturated heterocycles.